The Bertz CT molecular complexity index is 1130. The topological polar surface area (TPSA) is 44.9 Å². The Balaban J connectivity index is 1.95. The molecule has 4 nitrogen and oxygen atoms in total. The van der Waals surface area contributed by atoms with Gasteiger partial charge in [-0.2, -0.15) is 13.2 Å². The van der Waals surface area contributed by atoms with E-state index >= 15 is 0 Å². The van der Waals surface area contributed by atoms with Crippen LogP contribution in [0.15, 0.2) is 65.7 Å². The van der Waals surface area contributed by atoms with E-state index in [-0.39, 0.29) is 6.04 Å². The molecule has 34 heavy (non-hydrogen) atoms. The van der Waals surface area contributed by atoms with Crippen molar-refractivity contribution in [2.45, 2.75) is 51.7 Å². The number of guanidine groups is 1. The third-order valence-electron chi connectivity index (χ3n) is 6.28. The zero-order chi connectivity index (χ0) is 24.5. The van der Waals surface area contributed by atoms with Crippen LogP contribution in [0.5, 0.6) is 0 Å². The molecule has 0 radical (unpaired) electrons. The van der Waals surface area contributed by atoms with E-state index in [1.807, 2.05) is 29.2 Å². The van der Waals surface area contributed by atoms with E-state index in [1.54, 1.807) is 6.07 Å². The van der Waals surface area contributed by atoms with Crippen molar-refractivity contribution in [2.75, 3.05) is 18.0 Å². The van der Waals surface area contributed by atoms with E-state index in [2.05, 4.69) is 25.3 Å². The molecule has 1 aliphatic carbocycles. The number of anilines is 1. The Labute approximate surface area is 199 Å². The summed E-state index contributed by atoms with van der Waals surface area (Å²) in [4.78, 5) is 9.16. The van der Waals surface area contributed by atoms with Gasteiger partial charge in [0, 0.05) is 30.0 Å². The molecular weight excluding hydrogens is 437 g/mol. The van der Waals surface area contributed by atoms with Crippen LogP contribution in [0.2, 0.25) is 0 Å². The average molecular weight is 469 g/mol. The SMILES string of the molecule is C=C1C/C=C(/N)c2ccc3c(c2)C(C1)N(c1cccc(C(F)(F)F)c1)C(N(CCC)CCC)=N3. The first-order chi connectivity index (χ1) is 16.2. The third-order valence-corrected chi connectivity index (χ3v) is 6.28. The number of hydrogen-bond acceptors (Lipinski definition) is 4. The summed E-state index contributed by atoms with van der Waals surface area (Å²) in [6.07, 6.45) is 0.533. The van der Waals surface area contributed by atoms with Crippen molar-refractivity contribution >= 4 is 23.0 Å². The van der Waals surface area contributed by atoms with Crippen LogP contribution in [-0.2, 0) is 6.18 Å². The zero-order valence-electron chi connectivity index (χ0n) is 19.7. The molecule has 180 valence electrons. The summed E-state index contributed by atoms with van der Waals surface area (Å²) in [5.41, 5.74) is 10.4. The Kier molecular flexibility index (Phi) is 6.73. The number of rotatable bonds is 5. The maximum atomic E-state index is 13.6. The highest BCUT2D eigenvalue weighted by molar-refractivity contribution is 6.00. The van der Waals surface area contributed by atoms with Crippen molar-refractivity contribution in [3.8, 4) is 0 Å². The lowest BCUT2D eigenvalue weighted by atomic mass is 9.93. The first-order valence-electron chi connectivity index (χ1n) is 11.8. The van der Waals surface area contributed by atoms with Crippen LogP contribution >= 0.6 is 0 Å². The Morgan fingerprint density at radius 2 is 1.85 bits per heavy atom. The molecule has 2 aliphatic rings. The standard InChI is InChI=1S/C27H31F3N4/c1-4-13-33(14-5-2)26-32-24-12-10-19-16-22(24)25(15-18(3)9-11-23(19)31)34(26)21-8-6-7-20(17-21)27(28,29)30/h6-8,10-12,16-17,25H,3-5,9,13-15,31H2,1-2H3/b23-11+. The largest absolute Gasteiger partial charge is 0.416 e. The third kappa shape index (κ3) is 4.69. The second-order valence-corrected chi connectivity index (χ2v) is 8.92. The van der Waals surface area contributed by atoms with Gasteiger partial charge in [-0.25, -0.2) is 4.99 Å². The minimum atomic E-state index is -4.43. The fourth-order valence-corrected chi connectivity index (χ4v) is 4.68. The normalized spacial score (nSPS) is 19.5. The molecule has 2 N–H and O–H groups in total. The van der Waals surface area contributed by atoms with Gasteiger partial charge in [-0.3, -0.25) is 0 Å². The second-order valence-electron chi connectivity index (χ2n) is 8.92. The summed E-state index contributed by atoms with van der Waals surface area (Å²) < 4.78 is 40.9. The zero-order valence-corrected chi connectivity index (χ0v) is 19.7. The Hall–Kier alpha value is -3.22. The van der Waals surface area contributed by atoms with Crippen LogP contribution in [0.1, 0.15) is 62.3 Å². The number of alkyl halides is 3. The van der Waals surface area contributed by atoms with E-state index in [4.69, 9.17) is 10.7 Å². The van der Waals surface area contributed by atoms with Crippen molar-refractivity contribution in [3.05, 3.63) is 77.4 Å². The van der Waals surface area contributed by atoms with Crippen LogP contribution in [0.3, 0.4) is 0 Å². The molecule has 1 heterocycles. The minimum absolute atomic E-state index is 0.242. The number of hydrogen-bond donors (Lipinski definition) is 1. The summed E-state index contributed by atoms with van der Waals surface area (Å²) >= 11 is 0. The lowest BCUT2D eigenvalue weighted by Crippen LogP contribution is -2.48. The predicted octanol–water partition coefficient (Wildman–Crippen LogP) is 7.03. The fraction of sp³-hybridized carbons (Fsp3) is 0.370. The van der Waals surface area contributed by atoms with Gasteiger partial charge in [-0.15, -0.1) is 0 Å². The molecule has 2 bridgehead atoms. The van der Waals surface area contributed by atoms with Gasteiger partial charge in [-0.05, 0) is 61.6 Å². The van der Waals surface area contributed by atoms with Crippen LogP contribution in [-0.4, -0.2) is 23.9 Å². The minimum Gasteiger partial charge on any atom is -0.398 e. The van der Waals surface area contributed by atoms with Crippen molar-refractivity contribution < 1.29 is 13.2 Å². The van der Waals surface area contributed by atoms with Gasteiger partial charge in [-0.1, -0.05) is 44.2 Å². The molecule has 1 atom stereocenters. The number of aliphatic imine (C=N–C) groups is 1. The van der Waals surface area contributed by atoms with Gasteiger partial charge < -0.3 is 15.5 Å². The van der Waals surface area contributed by atoms with Crippen molar-refractivity contribution in [1.29, 1.82) is 0 Å². The van der Waals surface area contributed by atoms with E-state index in [9.17, 15) is 13.2 Å². The molecule has 7 heteroatoms. The maximum Gasteiger partial charge on any atom is 0.416 e. The lowest BCUT2D eigenvalue weighted by molar-refractivity contribution is -0.137. The molecule has 2 aromatic carbocycles. The second kappa shape index (κ2) is 9.57. The molecule has 0 saturated heterocycles. The number of halogens is 3. The summed E-state index contributed by atoms with van der Waals surface area (Å²) in [6, 6.07) is 11.2. The summed E-state index contributed by atoms with van der Waals surface area (Å²) in [5.74, 6) is 0.682. The fourth-order valence-electron chi connectivity index (χ4n) is 4.68. The van der Waals surface area contributed by atoms with Crippen molar-refractivity contribution in [1.82, 2.24) is 4.90 Å². The van der Waals surface area contributed by atoms with Gasteiger partial charge in [0.25, 0.3) is 0 Å². The molecule has 1 unspecified atom stereocenters. The van der Waals surface area contributed by atoms with Crippen LogP contribution in [0.25, 0.3) is 5.70 Å². The monoisotopic (exact) mass is 468 g/mol. The molecule has 1 aliphatic heterocycles. The molecule has 0 fully saturated rings. The smallest absolute Gasteiger partial charge is 0.398 e. The van der Waals surface area contributed by atoms with Gasteiger partial charge >= 0.3 is 6.18 Å². The van der Waals surface area contributed by atoms with Crippen LogP contribution in [0, 0.1) is 0 Å². The molecule has 0 saturated carbocycles. The molecule has 2 aromatic rings. The van der Waals surface area contributed by atoms with Gasteiger partial charge in [0.2, 0.25) is 5.96 Å². The van der Waals surface area contributed by atoms with E-state index < -0.39 is 11.7 Å². The highest BCUT2D eigenvalue weighted by Gasteiger charge is 2.37. The van der Waals surface area contributed by atoms with E-state index in [0.29, 0.717) is 30.2 Å². The van der Waals surface area contributed by atoms with Crippen molar-refractivity contribution in [3.63, 3.8) is 0 Å². The lowest BCUT2D eigenvalue weighted by Gasteiger charge is -2.43. The number of allylic oxidation sites excluding steroid dienone is 1. The van der Waals surface area contributed by atoms with Crippen LogP contribution < -0.4 is 10.6 Å². The Morgan fingerprint density at radius 3 is 2.53 bits per heavy atom. The molecular formula is C27H31F3N4. The van der Waals surface area contributed by atoms with Gasteiger partial charge in [0.15, 0.2) is 0 Å². The summed E-state index contributed by atoms with van der Waals surface area (Å²) in [6.45, 7) is 9.97. The van der Waals surface area contributed by atoms with Crippen LogP contribution in [0.4, 0.5) is 24.5 Å². The van der Waals surface area contributed by atoms with Crippen molar-refractivity contribution in [2.24, 2.45) is 10.7 Å². The van der Waals surface area contributed by atoms with Gasteiger partial charge in [0.05, 0.1) is 17.3 Å². The summed E-state index contributed by atoms with van der Waals surface area (Å²) in [5, 5.41) is 0. The quantitative estimate of drug-likeness (QED) is 0.479. The summed E-state index contributed by atoms with van der Waals surface area (Å²) in [7, 11) is 0. The van der Waals surface area contributed by atoms with Gasteiger partial charge in [0.1, 0.15) is 0 Å². The number of benzene rings is 2. The van der Waals surface area contributed by atoms with E-state index in [0.717, 1.165) is 54.4 Å². The Morgan fingerprint density at radius 1 is 1.12 bits per heavy atom. The molecule has 0 spiro atoms. The highest BCUT2D eigenvalue weighted by Crippen LogP contribution is 2.44. The highest BCUT2D eigenvalue weighted by atomic mass is 19.4. The molecule has 0 amide bonds. The molecule has 4 rings (SSSR count). The average Bonchev–Trinajstić information content (AvgIpc) is 2.86. The first kappa shape index (κ1) is 23.9. The molecule has 0 aromatic heterocycles. The maximum absolute atomic E-state index is 13.6. The number of nitrogens with two attached hydrogens (primary N) is 1. The predicted molar refractivity (Wildman–Crippen MR) is 133 cm³/mol. The number of fused-ring (bicyclic) bond motifs is 1. The van der Waals surface area contributed by atoms with E-state index in [1.165, 1.54) is 12.1 Å². The first-order valence-corrected chi connectivity index (χ1v) is 11.8. The number of nitrogens with zero attached hydrogens (tertiary/aromatic N) is 3.